The molecule has 2 heterocycles. The van der Waals surface area contributed by atoms with Gasteiger partial charge in [0.25, 0.3) is 0 Å². The van der Waals surface area contributed by atoms with Crippen LogP contribution in [0.2, 0.25) is 0 Å². The van der Waals surface area contributed by atoms with Crippen LogP contribution in [0.3, 0.4) is 0 Å². The van der Waals surface area contributed by atoms with Crippen LogP contribution >= 0.6 is 15.9 Å². The Morgan fingerprint density at radius 1 is 1.37 bits per heavy atom. The highest BCUT2D eigenvalue weighted by Gasteiger charge is 2.14. The molecule has 0 unspecified atom stereocenters. The summed E-state index contributed by atoms with van der Waals surface area (Å²) in [5.74, 6) is 0.136. The molecular formula is C13H9BrN2O3. The monoisotopic (exact) mass is 320 g/mol. The first-order valence-corrected chi connectivity index (χ1v) is 6.30. The Labute approximate surface area is 116 Å². The van der Waals surface area contributed by atoms with Gasteiger partial charge >= 0.3 is 5.97 Å². The summed E-state index contributed by atoms with van der Waals surface area (Å²) in [5.41, 5.74) is 1.62. The van der Waals surface area contributed by atoms with Crippen molar-refractivity contribution in [2.24, 2.45) is 0 Å². The molecule has 0 aliphatic rings. The van der Waals surface area contributed by atoms with Gasteiger partial charge in [-0.15, -0.1) is 0 Å². The predicted octanol–water partition coefficient (Wildman–Crippen LogP) is 3.37. The number of aromatic nitrogens is 2. The van der Waals surface area contributed by atoms with Crippen molar-refractivity contribution in [3.8, 4) is 11.5 Å². The fourth-order valence-corrected chi connectivity index (χ4v) is 2.18. The third kappa shape index (κ3) is 2.15. The molecule has 2 aromatic heterocycles. The quantitative estimate of drug-likeness (QED) is 0.735. The normalized spacial score (nSPS) is 10.8. The number of hydrogen-bond acceptors (Lipinski definition) is 4. The van der Waals surface area contributed by atoms with Crippen molar-refractivity contribution in [3.05, 3.63) is 40.5 Å². The molecular weight excluding hydrogens is 312 g/mol. The number of H-pyrrole nitrogens is 1. The van der Waals surface area contributed by atoms with Gasteiger partial charge in [-0.05, 0) is 24.3 Å². The van der Waals surface area contributed by atoms with Crippen molar-refractivity contribution >= 4 is 32.9 Å². The van der Waals surface area contributed by atoms with E-state index in [-0.39, 0.29) is 0 Å². The second-order valence-corrected chi connectivity index (χ2v) is 4.87. The Kier molecular flexibility index (Phi) is 2.87. The lowest BCUT2D eigenvalue weighted by molar-refractivity contribution is 0.0594. The Hall–Kier alpha value is -2.08. The number of fused-ring (bicyclic) bond motifs is 1. The smallest absolute Gasteiger partial charge is 0.356 e. The van der Waals surface area contributed by atoms with Crippen LogP contribution in [0.15, 0.2) is 39.2 Å². The van der Waals surface area contributed by atoms with Gasteiger partial charge in [-0.2, -0.15) is 5.10 Å². The van der Waals surface area contributed by atoms with Crippen LogP contribution in [0.5, 0.6) is 0 Å². The summed E-state index contributed by atoms with van der Waals surface area (Å²) in [5, 5.41) is 7.62. The number of ether oxygens (including phenoxy) is 1. The molecule has 0 amide bonds. The number of benzene rings is 1. The maximum Gasteiger partial charge on any atom is 0.356 e. The molecule has 96 valence electrons. The topological polar surface area (TPSA) is 68.1 Å². The van der Waals surface area contributed by atoms with Gasteiger partial charge in [0.1, 0.15) is 17.0 Å². The van der Waals surface area contributed by atoms with Crippen LogP contribution in [0, 0.1) is 0 Å². The van der Waals surface area contributed by atoms with Crippen LogP contribution in [-0.4, -0.2) is 23.3 Å². The van der Waals surface area contributed by atoms with Crippen LogP contribution < -0.4 is 0 Å². The molecule has 3 rings (SSSR count). The summed E-state index contributed by atoms with van der Waals surface area (Å²) >= 11 is 3.41. The maximum absolute atomic E-state index is 11.3. The summed E-state index contributed by atoms with van der Waals surface area (Å²) < 4.78 is 11.3. The molecule has 3 aromatic rings. The van der Waals surface area contributed by atoms with Gasteiger partial charge in [-0.25, -0.2) is 4.79 Å². The number of nitrogens with one attached hydrogen (secondary N) is 1. The SMILES string of the molecule is COC(=O)c1cc(-c2cc3cc(Br)ccc3o2)n[nH]1. The third-order valence-electron chi connectivity index (χ3n) is 2.71. The molecule has 0 saturated carbocycles. The first kappa shape index (κ1) is 12.0. The molecule has 5 nitrogen and oxygen atoms in total. The van der Waals surface area contributed by atoms with E-state index in [0.717, 1.165) is 15.4 Å². The molecule has 0 radical (unpaired) electrons. The molecule has 19 heavy (non-hydrogen) atoms. The van der Waals surface area contributed by atoms with Crippen LogP contribution in [0.25, 0.3) is 22.4 Å². The molecule has 6 heteroatoms. The minimum Gasteiger partial charge on any atom is -0.464 e. The number of carbonyl (C=O) groups excluding carboxylic acids is 1. The van der Waals surface area contributed by atoms with Gasteiger partial charge < -0.3 is 9.15 Å². The van der Waals surface area contributed by atoms with Crippen LogP contribution in [0.1, 0.15) is 10.5 Å². The minimum absolute atomic E-state index is 0.291. The van der Waals surface area contributed by atoms with E-state index in [1.165, 1.54) is 7.11 Å². The number of rotatable bonds is 2. The Bertz CT molecular complexity index is 760. The molecule has 1 N–H and O–H groups in total. The van der Waals surface area contributed by atoms with Crippen LogP contribution in [0.4, 0.5) is 0 Å². The number of hydrogen-bond donors (Lipinski definition) is 1. The number of halogens is 1. The molecule has 1 aromatic carbocycles. The zero-order chi connectivity index (χ0) is 13.4. The van der Waals surface area contributed by atoms with Gasteiger partial charge in [0, 0.05) is 15.9 Å². The summed E-state index contributed by atoms with van der Waals surface area (Å²) in [7, 11) is 1.32. The van der Waals surface area contributed by atoms with Gasteiger partial charge in [0.2, 0.25) is 0 Å². The largest absolute Gasteiger partial charge is 0.464 e. The average Bonchev–Trinajstić information content (AvgIpc) is 3.03. The first-order chi connectivity index (χ1) is 9.17. The number of aromatic amines is 1. The van der Waals surface area contributed by atoms with E-state index in [4.69, 9.17) is 4.42 Å². The Balaban J connectivity index is 2.04. The lowest BCUT2D eigenvalue weighted by Gasteiger charge is -1.90. The van der Waals surface area contributed by atoms with Crippen molar-refractivity contribution in [2.45, 2.75) is 0 Å². The van der Waals surface area contributed by atoms with Crippen LogP contribution in [-0.2, 0) is 4.74 Å². The number of carbonyl (C=O) groups is 1. The van der Waals surface area contributed by atoms with E-state index in [0.29, 0.717) is 17.1 Å². The lowest BCUT2D eigenvalue weighted by Crippen LogP contribution is -2.00. The van der Waals surface area contributed by atoms with E-state index in [1.807, 2.05) is 24.3 Å². The second kappa shape index (κ2) is 4.55. The van der Waals surface area contributed by atoms with E-state index < -0.39 is 5.97 Å². The van der Waals surface area contributed by atoms with Gasteiger partial charge in [0.15, 0.2) is 5.76 Å². The summed E-state index contributed by atoms with van der Waals surface area (Å²) in [6.45, 7) is 0. The van der Waals surface area contributed by atoms with E-state index in [9.17, 15) is 4.79 Å². The highest BCUT2D eigenvalue weighted by molar-refractivity contribution is 9.10. The third-order valence-corrected chi connectivity index (χ3v) is 3.21. The second-order valence-electron chi connectivity index (χ2n) is 3.95. The lowest BCUT2D eigenvalue weighted by atomic mass is 10.2. The number of methoxy groups -OCH3 is 1. The highest BCUT2D eigenvalue weighted by Crippen LogP contribution is 2.28. The predicted molar refractivity (Wildman–Crippen MR) is 72.8 cm³/mol. The van der Waals surface area contributed by atoms with Crippen molar-refractivity contribution in [1.82, 2.24) is 10.2 Å². The summed E-state index contributed by atoms with van der Waals surface area (Å²) in [6.07, 6.45) is 0. The van der Waals surface area contributed by atoms with Crippen molar-refractivity contribution in [3.63, 3.8) is 0 Å². The number of furan rings is 1. The Morgan fingerprint density at radius 2 is 2.21 bits per heavy atom. The molecule has 0 bridgehead atoms. The molecule has 0 aliphatic carbocycles. The standard InChI is InChI=1S/C13H9BrN2O3/c1-18-13(17)10-6-9(15-16-10)12-5-7-4-8(14)2-3-11(7)19-12/h2-6H,1H3,(H,15,16). The number of esters is 1. The van der Waals surface area contributed by atoms with Gasteiger partial charge in [-0.1, -0.05) is 15.9 Å². The summed E-state index contributed by atoms with van der Waals surface area (Å²) in [6, 6.07) is 9.20. The Morgan fingerprint density at radius 3 is 3.00 bits per heavy atom. The highest BCUT2D eigenvalue weighted by atomic mass is 79.9. The minimum atomic E-state index is -0.461. The van der Waals surface area contributed by atoms with E-state index in [2.05, 4.69) is 30.9 Å². The molecule has 0 atom stereocenters. The maximum atomic E-state index is 11.3. The number of nitrogens with zero attached hydrogens (tertiary/aromatic N) is 1. The van der Waals surface area contributed by atoms with Crippen molar-refractivity contribution < 1.29 is 13.9 Å². The summed E-state index contributed by atoms with van der Waals surface area (Å²) in [4.78, 5) is 11.3. The average molecular weight is 321 g/mol. The zero-order valence-corrected chi connectivity index (χ0v) is 11.5. The van der Waals surface area contributed by atoms with E-state index in [1.54, 1.807) is 6.07 Å². The fourth-order valence-electron chi connectivity index (χ4n) is 1.80. The van der Waals surface area contributed by atoms with Gasteiger partial charge in [-0.3, -0.25) is 5.10 Å². The zero-order valence-electron chi connectivity index (χ0n) is 9.94. The molecule has 0 spiro atoms. The molecule has 0 saturated heterocycles. The van der Waals surface area contributed by atoms with Crippen molar-refractivity contribution in [2.75, 3.05) is 7.11 Å². The molecule has 0 aliphatic heterocycles. The molecule has 0 fully saturated rings. The van der Waals surface area contributed by atoms with Crippen molar-refractivity contribution in [1.29, 1.82) is 0 Å². The fraction of sp³-hybridized carbons (Fsp3) is 0.0769. The van der Waals surface area contributed by atoms with E-state index >= 15 is 0 Å². The first-order valence-electron chi connectivity index (χ1n) is 5.50. The van der Waals surface area contributed by atoms with Gasteiger partial charge in [0.05, 0.1) is 7.11 Å².